The molecule has 76 valence electrons. The summed E-state index contributed by atoms with van der Waals surface area (Å²) < 4.78 is 22.3. The topological polar surface area (TPSA) is 35.5 Å². The molecule has 1 aromatic rings. The molecule has 0 saturated carbocycles. The summed E-state index contributed by atoms with van der Waals surface area (Å²) in [6, 6.07) is 4.02. The van der Waals surface area contributed by atoms with Gasteiger partial charge in [0, 0.05) is 5.56 Å². The van der Waals surface area contributed by atoms with Crippen LogP contribution < -0.4 is 4.74 Å². The molecule has 0 atom stereocenters. The molecule has 0 spiro atoms. The van der Waals surface area contributed by atoms with E-state index in [0.717, 1.165) is 0 Å². The molecule has 0 aromatic heterocycles. The monoisotopic (exact) mass is 198 g/mol. The van der Waals surface area contributed by atoms with Gasteiger partial charge in [0.1, 0.15) is 11.6 Å². The van der Waals surface area contributed by atoms with Gasteiger partial charge in [-0.1, -0.05) is 0 Å². The number of carbonyl (C=O) groups excluding carboxylic acids is 1. The number of hydrogen-bond acceptors (Lipinski definition) is 3. The van der Waals surface area contributed by atoms with Crippen LogP contribution in [0.5, 0.6) is 5.75 Å². The molecule has 0 aliphatic carbocycles. The van der Waals surface area contributed by atoms with Crippen LogP contribution in [0.15, 0.2) is 18.2 Å². The molecule has 0 N–H and O–H groups in total. The second-order valence-corrected chi connectivity index (χ2v) is 2.71. The van der Waals surface area contributed by atoms with E-state index in [0.29, 0.717) is 11.3 Å². The number of hydrogen-bond donors (Lipinski definition) is 0. The average molecular weight is 198 g/mol. The quantitative estimate of drug-likeness (QED) is 0.691. The van der Waals surface area contributed by atoms with Gasteiger partial charge in [0.15, 0.2) is 0 Å². The van der Waals surface area contributed by atoms with Gasteiger partial charge in [0.2, 0.25) is 0 Å². The fourth-order valence-corrected chi connectivity index (χ4v) is 1.11. The van der Waals surface area contributed by atoms with E-state index in [1.54, 1.807) is 0 Å². The maximum atomic E-state index is 12.8. The Morgan fingerprint density at radius 1 is 1.43 bits per heavy atom. The van der Waals surface area contributed by atoms with E-state index >= 15 is 0 Å². The van der Waals surface area contributed by atoms with Gasteiger partial charge < -0.3 is 9.47 Å². The first kappa shape index (κ1) is 10.5. The Labute approximate surface area is 81.4 Å². The van der Waals surface area contributed by atoms with Crippen LogP contribution in [0, 0.1) is 5.82 Å². The molecule has 0 amide bonds. The lowest BCUT2D eigenvalue weighted by Gasteiger charge is -2.06. The third-order valence-corrected chi connectivity index (χ3v) is 1.80. The molecule has 0 fully saturated rings. The highest BCUT2D eigenvalue weighted by Gasteiger charge is 2.09. The predicted octanol–water partition coefficient (Wildman–Crippen LogP) is 1.55. The zero-order valence-corrected chi connectivity index (χ0v) is 8.04. The van der Waals surface area contributed by atoms with Crippen LogP contribution in [0.25, 0.3) is 0 Å². The minimum Gasteiger partial charge on any atom is -0.496 e. The lowest BCUT2D eigenvalue weighted by molar-refractivity contribution is -0.139. The van der Waals surface area contributed by atoms with Gasteiger partial charge >= 0.3 is 5.97 Å². The van der Waals surface area contributed by atoms with Gasteiger partial charge in [-0.25, -0.2) is 4.39 Å². The lowest BCUT2D eigenvalue weighted by Crippen LogP contribution is -2.06. The minimum atomic E-state index is -0.422. The SMILES string of the molecule is COC(=O)Cc1cc(F)ccc1OC. The normalized spacial score (nSPS) is 9.64. The van der Waals surface area contributed by atoms with E-state index in [4.69, 9.17) is 4.74 Å². The standard InChI is InChI=1S/C10H11FO3/c1-13-9-4-3-8(11)5-7(9)6-10(12)14-2/h3-5H,6H2,1-2H3. The van der Waals surface area contributed by atoms with Crippen molar-refractivity contribution in [1.82, 2.24) is 0 Å². The van der Waals surface area contributed by atoms with Crippen molar-refractivity contribution in [3.05, 3.63) is 29.6 Å². The van der Waals surface area contributed by atoms with Crippen molar-refractivity contribution in [1.29, 1.82) is 0 Å². The predicted molar refractivity (Wildman–Crippen MR) is 48.7 cm³/mol. The van der Waals surface area contributed by atoms with Crippen molar-refractivity contribution >= 4 is 5.97 Å². The highest BCUT2D eigenvalue weighted by molar-refractivity contribution is 5.73. The van der Waals surface area contributed by atoms with E-state index in [2.05, 4.69) is 4.74 Å². The highest BCUT2D eigenvalue weighted by atomic mass is 19.1. The van der Waals surface area contributed by atoms with Crippen LogP contribution in [0.2, 0.25) is 0 Å². The lowest BCUT2D eigenvalue weighted by atomic mass is 10.1. The Morgan fingerprint density at radius 2 is 2.14 bits per heavy atom. The number of ether oxygens (including phenoxy) is 2. The van der Waals surface area contributed by atoms with E-state index in [1.165, 1.54) is 32.4 Å². The molecule has 0 aliphatic rings. The minimum absolute atomic E-state index is 0.0113. The molecule has 0 bridgehead atoms. The molecular weight excluding hydrogens is 187 g/mol. The summed E-state index contributed by atoms with van der Waals surface area (Å²) in [4.78, 5) is 11.0. The van der Waals surface area contributed by atoms with Crippen molar-refractivity contribution in [2.45, 2.75) is 6.42 Å². The zero-order chi connectivity index (χ0) is 10.6. The Balaban J connectivity index is 2.93. The fourth-order valence-electron chi connectivity index (χ4n) is 1.11. The molecule has 4 heteroatoms. The van der Waals surface area contributed by atoms with Crippen LogP contribution in [-0.2, 0) is 16.0 Å². The van der Waals surface area contributed by atoms with E-state index in [-0.39, 0.29) is 6.42 Å². The first-order valence-electron chi connectivity index (χ1n) is 4.06. The van der Waals surface area contributed by atoms with Crippen LogP contribution >= 0.6 is 0 Å². The van der Waals surface area contributed by atoms with Crippen molar-refractivity contribution in [2.75, 3.05) is 14.2 Å². The first-order chi connectivity index (χ1) is 6.67. The summed E-state index contributed by atoms with van der Waals surface area (Å²) in [5.74, 6) is -0.338. The fraction of sp³-hybridized carbons (Fsp3) is 0.300. The van der Waals surface area contributed by atoms with E-state index in [1.807, 2.05) is 0 Å². The number of halogens is 1. The molecule has 14 heavy (non-hydrogen) atoms. The number of carbonyl (C=O) groups is 1. The third kappa shape index (κ3) is 2.45. The molecular formula is C10H11FO3. The zero-order valence-electron chi connectivity index (χ0n) is 8.04. The highest BCUT2D eigenvalue weighted by Crippen LogP contribution is 2.19. The summed E-state index contributed by atoms with van der Waals surface area (Å²) >= 11 is 0. The molecule has 3 nitrogen and oxygen atoms in total. The molecule has 0 unspecified atom stereocenters. The first-order valence-corrected chi connectivity index (χ1v) is 4.06. The summed E-state index contributed by atoms with van der Waals surface area (Å²) in [5.41, 5.74) is 0.486. The van der Waals surface area contributed by atoms with E-state index < -0.39 is 11.8 Å². The van der Waals surface area contributed by atoms with Crippen LogP contribution in [0.4, 0.5) is 4.39 Å². The average Bonchev–Trinajstić information content (AvgIpc) is 2.18. The smallest absolute Gasteiger partial charge is 0.310 e. The largest absolute Gasteiger partial charge is 0.496 e. The molecule has 0 radical (unpaired) electrons. The summed E-state index contributed by atoms with van der Waals surface area (Å²) in [5, 5.41) is 0. The van der Waals surface area contributed by atoms with Gasteiger partial charge in [0.25, 0.3) is 0 Å². The van der Waals surface area contributed by atoms with Gasteiger partial charge in [-0.2, -0.15) is 0 Å². The van der Waals surface area contributed by atoms with Crippen molar-refractivity contribution in [3.8, 4) is 5.75 Å². The molecule has 0 saturated heterocycles. The van der Waals surface area contributed by atoms with Gasteiger partial charge in [-0.15, -0.1) is 0 Å². The van der Waals surface area contributed by atoms with Crippen LogP contribution in [0.3, 0.4) is 0 Å². The summed E-state index contributed by atoms with van der Waals surface area (Å²) in [6.45, 7) is 0. The maximum absolute atomic E-state index is 12.8. The van der Waals surface area contributed by atoms with Gasteiger partial charge in [0.05, 0.1) is 20.6 Å². The summed E-state index contributed by atoms with van der Waals surface area (Å²) in [7, 11) is 2.75. The molecule has 0 heterocycles. The third-order valence-electron chi connectivity index (χ3n) is 1.80. The number of benzene rings is 1. The van der Waals surface area contributed by atoms with Crippen molar-refractivity contribution in [2.24, 2.45) is 0 Å². The summed E-state index contributed by atoms with van der Waals surface area (Å²) in [6.07, 6.45) is 0.0113. The van der Waals surface area contributed by atoms with Gasteiger partial charge in [-0.05, 0) is 18.2 Å². The van der Waals surface area contributed by atoms with Gasteiger partial charge in [-0.3, -0.25) is 4.79 Å². The molecule has 0 aliphatic heterocycles. The second-order valence-electron chi connectivity index (χ2n) is 2.71. The molecule has 1 rings (SSSR count). The molecule has 1 aromatic carbocycles. The van der Waals surface area contributed by atoms with Crippen molar-refractivity contribution < 1.29 is 18.7 Å². The second kappa shape index (κ2) is 4.60. The number of esters is 1. The Kier molecular flexibility index (Phi) is 3.45. The van der Waals surface area contributed by atoms with Crippen LogP contribution in [-0.4, -0.2) is 20.2 Å². The Hall–Kier alpha value is -1.58. The number of methoxy groups -OCH3 is 2. The Morgan fingerprint density at radius 3 is 2.71 bits per heavy atom. The van der Waals surface area contributed by atoms with Crippen LogP contribution in [0.1, 0.15) is 5.56 Å². The number of rotatable bonds is 3. The van der Waals surface area contributed by atoms with Crippen molar-refractivity contribution in [3.63, 3.8) is 0 Å². The Bertz CT molecular complexity index is 336. The maximum Gasteiger partial charge on any atom is 0.310 e. The van der Waals surface area contributed by atoms with E-state index in [9.17, 15) is 9.18 Å².